The zero-order chi connectivity index (χ0) is 25.6. The summed E-state index contributed by atoms with van der Waals surface area (Å²) >= 11 is 12.1. The minimum absolute atomic E-state index is 0.0420. The fraction of sp³-hybridized carbons (Fsp3) is 0.391. The van der Waals surface area contributed by atoms with Crippen LogP contribution in [0.5, 0.6) is 0 Å². The van der Waals surface area contributed by atoms with Gasteiger partial charge in [0.25, 0.3) is 0 Å². The highest BCUT2D eigenvalue weighted by Gasteiger charge is 2.31. The SMILES string of the molecule is CCC(C)NC(=O)C(C)N(Cc1ccc(Cl)c(Cl)c1)C(=O)CN(c1ccccc1F)S(C)(=O)=O. The van der Waals surface area contributed by atoms with Gasteiger partial charge in [-0.2, -0.15) is 0 Å². The van der Waals surface area contributed by atoms with Crippen LogP contribution in [0.1, 0.15) is 32.8 Å². The molecule has 0 aliphatic carbocycles. The second kappa shape index (κ2) is 11.9. The van der Waals surface area contributed by atoms with Gasteiger partial charge in [0, 0.05) is 12.6 Å². The normalized spacial score (nSPS) is 13.1. The molecule has 2 aromatic carbocycles. The van der Waals surface area contributed by atoms with Crippen LogP contribution < -0.4 is 9.62 Å². The summed E-state index contributed by atoms with van der Waals surface area (Å²) in [5, 5.41) is 3.42. The molecule has 0 spiro atoms. The first kappa shape index (κ1) is 27.9. The molecule has 2 atom stereocenters. The van der Waals surface area contributed by atoms with Crippen LogP contribution in [0.3, 0.4) is 0 Å². The van der Waals surface area contributed by atoms with Gasteiger partial charge in [-0.05, 0) is 50.1 Å². The van der Waals surface area contributed by atoms with Crippen molar-refractivity contribution in [2.75, 3.05) is 17.1 Å². The predicted octanol–water partition coefficient (Wildman–Crippen LogP) is 4.23. The fourth-order valence-electron chi connectivity index (χ4n) is 3.13. The number of carbonyl (C=O) groups is 2. The van der Waals surface area contributed by atoms with Crippen LogP contribution >= 0.6 is 23.2 Å². The molecule has 34 heavy (non-hydrogen) atoms. The number of hydrogen-bond acceptors (Lipinski definition) is 4. The average Bonchev–Trinajstić information content (AvgIpc) is 2.77. The van der Waals surface area contributed by atoms with Crippen molar-refractivity contribution in [3.63, 3.8) is 0 Å². The van der Waals surface area contributed by atoms with E-state index in [2.05, 4.69) is 5.32 Å². The van der Waals surface area contributed by atoms with E-state index in [9.17, 15) is 22.4 Å². The van der Waals surface area contributed by atoms with Gasteiger partial charge in [0.2, 0.25) is 21.8 Å². The first-order valence-electron chi connectivity index (χ1n) is 10.6. The number of sulfonamides is 1. The monoisotopic (exact) mass is 531 g/mol. The lowest BCUT2D eigenvalue weighted by Gasteiger charge is -2.32. The predicted molar refractivity (Wildman–Crippen MR) is 133 cm³/mol. The Hall–Kier alpha value is -2.36. The van der Waals surface area contributed by atoms with E-state index in [0.29, 0.717) is 21.3 Å². The van der Waals surface area contributed by atoms with Crippen LogP contribution in [0.15, 0.2) is 42.5 Å². The van der Waals surface area contributed by atoms with Crippen LogP contribution in [0.25, 0.3) is 0 Å². The van der Waals surface area contributed by atoms with Crippen LogP contribution in [0.2, 0.25) is 10.0 Å². The third kappa shape index (κ3) is 7.32. The van der Waals surface area contributed by atoms with E-state index in [1.54, 1.807) is 25.1 Å². The summed E-state index contributed by atoms with van der Waals surface area (Å²) in [4.78, 5) is 27.5. The Morgan fingerprint density at radius 1 is 1.09 bits per heavy atom. The van der Waals surface area contributed by atoms with E-state index in [1.165, 1.54) is 23.1 Å². The van der Waals surface area contributed by atoms with Crippen molar-refractivity contribution in [1.82, 2.24) is 10.2 Å². The molecule has 0 aromatic heterocycles. The van der Waals surface area contributed by atoms with E-state index in [1.807, 2.05) is 13.8 Å². The molecular formula is C23H28Cl2FN3O4S. The number of halogens is 3. The standard InChI is InChI=1S/C23H28Cl2FN3O4S/c1-5-15(2)27-23(31)16(3)28(13-17-10-11-18(24)19(25)12-17)22(30)14-29(34(4,32)33)21-9-7-6-8-20(21)26/h6-12,15-16H,5,13-14H2,1-4H3,(H,27,31). The maximum atomic E-state index is 14.4. The van der Waals surface area contributed by atoms with Gasteiger partial charge in [-0.1, -0.05) is 48.3 Å². The highest BCUT2D eigenvalue weighted by molar-refractivity contribution is 7.92. The molecule has 7 nitrogen and oxygen atoms in total. The third-order valence-electron chi connectivity index (χ3n) is 5.31. The zero-order valence-corrected chi connectivity index (χ0v) is 21.7. The highest BCUT2D eigenvalue weighted by Crippen LogP contribution is 2.25. The summed E-state index contributed by atoms with van der Waals surface area (Å²) in [6, 6.07) is 8.97. The van der Waals surface area contributed by atoms with Gasteiger partial charge in [0.1, 0.15) is 18.4 Å². The van der Waals surface area contributed by atoms with Crippen molar-refractivity contribution >= 4 is 50.7 Å². The molecule has 186 valence electrons. The number of anilines is 1. The largest absolute Gasteiger partial charge is 0.352 e. The molecule has 2 unspecified atom stereocenters. The van der Waals surface area contributed by atoms with E-state index in [0.717, 1.165) is 12.3 Å². The van der Waals surface area contributed by atoms with Gasteiger partial charge in [-0.25, -0.2) is 12.8 Å². The molecule has 11 heteroatoms. The quantitative estimate of drug-likeness (QED) is 0.496. The number of rotatable bonds is 10. The van der Waals surface area contributed by atoms with Crippen molar-refractivity contribution in [1.29, 1.82) is 0 Å². The number of amides is 2. The number of nitrogens with one attached hydrogen (secondary N) is 1. The number of benzene rings is 2. The molecule has 0 saturated heterocycles. The number of carbonyl (C=O) groups excluding carboxylic acids is 2. The second-order valence-corrected chi connectivity index (χ2v) is 10.7. The second-order valence-electron chi connectivity index (χ2n) is 7.99. The molecular weight excluding hydrogens is 504 g/mol. The van der Waals surface area contributed by atoms with Crippen LogP contribution in [0, 0.1) is 5.82 Å². The molecule has 0 heterocycles. The number of para-hydroxylation sites is 1. The van der Waals surface area contributed by atoms with Crippen LogP contribution in [0.4, 0.5) is 10.1 Å². The Labute approximate surface area is 209 Å². The maximum absolute atomic E-state index is 14.4. The third-order valence-corrected chi connectivity index (χ3v) is 7.17. The summed E-state index contributed by atoms with van der Waals surface area (Å²) in [7, 11) is -4.02. The Morgan fingerprint density at radius 3 is 2.29 bits per heavy atom. The molecule has 2 aromatic rings. The first-order chi connectivity index (χ1) is 15.8. The van der Waals surface area contributed by atoms with Gasteiger partial charge in [0.15, 0.2) is 0 Å². The Balaban J connectivity index is 2.42. The summed E-state index contributed by atoms with van der Waals surface area (Å²) in [6.07, 6.45) is 1.57. The Morgan fingerprint density at radius 2 is 1.74 bits per heavy atom. The number of hydrogen-bond donors (Lipinski definition) is 1. The highest BCUT2D eigenvalue weighted by atomic mass is 35.5. The molecule has 2 rings (SSSR count). The maximum Gasteiger partial charge on any atom is 0.244 e. The van der Waals surface area contributed by atoms with Gasteiger partial charge in [-0.15, -0.1) is 0 Å². The topological polar surface area (TPSA) is 86.8 Å². The van der Waals surface area contributed by atoms with E-state index >= 15 is 0 Å². The van der Waals surface area contributed by atoms with E-state index < -0.39 is 40.2 Å². The van der Waals surface area contributed by atoms with Crippen LogP contribution in [-0.4, -0.2) is 50.0 Å². The molecule has 0 bridgehead atoms. The van der Waals surface area contributed by atoms with E-state index in [-0.39, 0.29) is 23.3 Å². The molecule has 0 aliphatic rings. The van der Waals surface area contributed by atoms with Crippen molar-refractivity contribution < 1.29 is 22.4 Å². The summed E-state index contributed by atoms with van der Waals surface area (Å²) in [5.41, 5.74) is 0.326. The lowest BCUT2D eigenvalue weighted by molar-refractivity contribution is -0.139. The molecule has 0 aliphatic heterocycles. The molecule has 0 radical (unpaired) electrons. The minimum atomic E-state index is -4.02. The minimum Gasteiger partial charge on any atom is -0.352 e. The van der Waals surface area contributed by atoms with Gasteiger partial charge in [0.05, 0.1) is 22.0 Å². The van der Waals surface area contributed by atoms with Crippen molar-refractivity contribution in [2.24, 2.45) is 0 Å². The Bertz CT molecular complexity index is 1150. The molecule has 0 saturated carbocycles. The van der Waals surface area contributed by atoms with Crippen molar-refractivity contribution in [2.45, 2.75) is 45.8 Å². The zero-order valence-electron chi connectivity index (χ0n) is 19.4. The van der Waals surface area contributed by atoms with Crippen molar-refractivity contribution in [3.8, 4) is 0 Å². The van der Waals surface area contributed by atoms with E-state index in [4.69, 9.17) is 23.2 Å². The molecule has 0 fully saturated rings. The Kier molecular flexibility index (Phi) is 9.73. The lowest BCUT2D eigenvalue weighted by Crippen LogP contribution is -2.52. The van der Waals surface area contributed by atoms with Crippen molar-refractivity contribution in [3.05, 3.63) is 63.9 Å². The average molecular weight is 532 g/mol. The number of nitrogens with zero attached hydrogens (tertiary/aromatic N) is 2. The van der Waals surface area contributed by atoms with Gasteiger partial charge < -0.3 is 10.2 Å². The first-order valence-corrected chi connectivity index (χ1v) is 13.2. The summed E-state index contributed by atoms with van der Waals surface area (Å²) in [6.45, 7) is 4.55. The molecule has 1 N–H and O–H groups in total. The van der Waals surface area contributed by atoms with Gasteiger partial charge >= 0.3 is 0 Å². The fourth-order valence-corrected chi connectivity index (χ4v) is 4.30. The summed E-state index contributed by atoms with van der Waals surface area (Å²) in [5.74, 6) is -1.88. The van der Waals surface area contributed by atoms with Crippen LogP contribution in [-0.2, 0) is 26.2 Å². The smallest absolute Gasteiger partial charge is 0.244 e. The molecule has 2 amide bonds. The summed E-state index contributed by atoms with van der Waals surface area (Å²) < 4.78 is 40.0. The van der Waals surface area contributed by atoms with Gasteiger partial charge in [-0.3, -0.25) is 13.9 Å². The lowest BCUT2D eigenvalue weighted by atomic mass is 10.1.